The van der Waals surface area contributed by atoms with Gasteiger partial charge in [0.15, 0.2) is 5.96 Å². The topological polar surface area (TPSA) is 508 Å². The second-order valence-corrected chi connectivity index (χ2v) is 27.7. The van der Waals surface area contributed by atoms with Crippen LogP contribution in [0.1, 0.15) is 154 Å². The number of likely N-dealkylation sites (tertiary alicyclic amines) is 1. The molecule has 19 N–H and O–H groups in total. The van der Waals surface area contributed by atoms with Crippen LogP contribution in [0, 0.1) is 23.7 Å². The van der Waals surface area contributed by atoms with Crippen molar-refractivity contribution in [2.24, 2.45) is 55.8 Å². The van der Waals surface area contributed by atoms with Crippen LogP contribution in [-0.4, -0.2) is 201 Å². The number of carboxylic acids is 1. The highest BCUT2D eigenvalue weighted by molar-refractivity contribution is 6.03. The maximum atomic E-state index is 15.5. The number of H-pyrrole nitrogens is 1. The number of benzene rings is 2. The highest BCUT2D eigenvalue weighted by Crippen LogP contribution is 2.42. The van der Waals surface area contributed by atoms with Gasteiger partial charge >= 0.3 is 0 Å². The number of nitrogens with zero attached hydrogens (tertiary/aromatic N) is 4. The molecular formula is C71H103N17O15. The number of primary amides is 1. The molecule has 3 aliphatic heterocycles. The number of phenols is 1. The number of carboxylic acid groups (broad SMARTS) is 1. The Morgan fingerprint density at radius 3 is 1.77 bits per heavy atom. The number of aliphatic hydroxyl groups excluding tert-OH is 1. The van der Waals surface area contributed by atoms with Gasteiger partial charge in [0, 0.05) is 68.5 Å². The van der Waals surface area contributed by atoms with E-state index in [1.54, 1.807) is 24.4 Å². The van der Waals surface area contributed by atoms with Crippen molar-refractivity contribution in [1.29, 1.82) is 0 Å². The van der Waals surface area contributed by atoms with E-state index < -0.39 is 133 Å². The van der Waals surface area contributed by atoms with E-state index in [4.69, 9.17) is 27.1 Å². The molecule has 0 radical (unpaired) electrons. The highest BCUT2D eigenvalue weighted by Gasteiger charge is 2.42. The number of aromatic hydroxyl groups is 1. The Labute approximate surface area is 598 Å². The minimum atomic E-state index is -1.77. The molecule has 1 aromatic heterocycles. The van der Waals surface area contributed by atoms with Crippen LogP contribution in [0.15, 0.2) is 69.7 Å². The highest BCUT2D eigenvalue weighted by atomic mass is 16.4. The SMILES string of the molecule is CC(=O)O.CC(C)C[C@H](NC(=O)[C@@H](CC(C1CCCCC1)C1CCCCC1)NC(=O)[C@H](Cc1ccc(O)cc1)NC(=O)[C@H](CO)NC(=O)[C@H](Cc1c[nH]c2ccccc12)NC(=O)[C@H](CC1=NC=NC1)NC(=O)[C@@H]1CCC(=O)N1)C(=O)N[C@@H](CCCN=C(N)N)C(=O)N1CCC[C@H]1C(=O)NCC(N)=O. The Morgan fingerprint density at radius 1 is 0.650 bits per heavy atom. The number of nitrogens with one attached hydrogen (secondary N) is 10. The Kier molecular flexibility index (Phi) is 31.2. The second kappa shape index (κ2) is 40.0. The number of aliphatic carboxylic acids is 1. The van der Waals surface area contributed by atoms with Crippen LogP contribution in [-0.2, 0) is 70.4 Å². The van der Waals surface area contributed by atoms with Crippen molar-refractivity contribution < 1.29 is 72.9 Å². The number of carbonyl (C=O) groups is 12. The average molecular weight is 1430 g/mol. The second-order valence-electron chi connectivity index (χ2n) is 27.7. The number of carbonyl (C=O) groups excluding carboxylic acids is 11. The molecular weight excluding hydrogens is 1330 g/mol. The summed E-state index contributed by atoms with van der Waals surface area (Å²) in [5.74, 6) is -8.91. The van der Waals surface area contributed by atoms with Crippen molar-refractivity contribution in [2.45, 2.75) is 210 Å². The maximum absolute atomic E-state index is 15.5. The lowest BCUT2D eigenvalue weighted by Crippen LogP contribution is -2.61. The summed E-state index contributed by atoms with van der Waals surface area (Å²) >= 11 is 0. The zero-order chi connectivity index (χ0) is 74.7. The Hall–Kier alpha value is -10.0. The van der Waals surface area contributed by atoms with E-state index >= 15 is 9.59 Å². The number of amides is 11. The van der Waals surface area contributed by atoms with E-state index in [-0.39, 0.29) is 125 Å². The van der Waals surface area contributed by atoms with Crippen LogP contribution >= 0.6 is 0 Å². The van der Waals surface area contributed by atoms with E-state index in [1.165, 1.54) is 23.4 Å². The first-order valence-electron chi connectivity index (χ1n) is 35.8. The predicted molar refractivity (Wildman–Crippen MR) is 382 cm³/mol. The van der Waals surface area contributed by atoms with Crippen molar-refractivity contribution in [3.8, 4) is 5.75 Å². The molecule has 11 amide bonds. The molecule has 3 aromatic rings. The van der Waals surface area contributed by atoms with Gasteiger partial charge in [-0.1, -0.05) is 108 Å². The van der Waals surface area contributed by atoms with Gasteiger partial charge in [0.2, 0.25) is 65.0 Å². The number of nitrogens with two attached hydrogens (primary N) is 3. The number of guanidine groups is 1. The van der Waals surface area contributed by atoms with Crippen LogP contribution in [0.3, 0.4) is 0 Å². The van der Waals surface area contributed by atoms with Gasteiger partial charge in [-0.3, -0.25) is 67.5 Å². The van der Waals surface area contributed by atoms with Gasteiger partial charge in [-0.15, -0.1) is 0 Å². The summed E-state index contributed by atoms with van der Waals surface area (Å²) in [5.41, 5.74) is 18.8. The lowest BCUT2D eigenvalue weighted by atomic mass is 9.67. The monoisotopic (exact) mass is 1430 g/mol. The summed E-state index contributed by atoms with van der Waals surface area (Å²) in [6, 6.07) is 1.31. The third-order valence-electron chi connectivity index (χ3n) is 19.4. The Morgan fingerprint density at radius 2 is 1.20 bits per heavy atom. The molecule has 9 atom stereocenters. The lowest BCUT2D eigenvalue weighted by Gasteiger charge is -2.40. The first-order chi connectivity index (χ1) is 49.3. The van der Waals surface area contributed by atoms with Crippen molar-refractivity contribution in [3.63, 3.8) is 0 Å². The van der Waals surface area contributed by atoms with E-state index in [1.807, 2.05) is 32.0 Å². The summed E-state index contributed by atoms with van der Waals surface area (Å²) in [4.78, 5) is 181. The van der Waals surface area contributed by atoms with Gasteiger partial charge in [0.1, 0.15) is 66.5 Å². The predicted octanol–water partition coefficient (Wildman–Crippen LogP) is 0.146. The fourth-order valence-electron chi connectivity index (χ4n) is 14.2. The lowest BCUT2D eigenvalue weighted by molar-refractivity contribution is -0.142. The number of aromatic nitrogens is 1. The Bertz CT molecular complexity index is 3520. The van der Waals surface area contributed by atoms with Crippen LogP contribution in [0.5, 0.6) is 5.75 Å². The molecule has 0 unspecified atom stereocenters. The Balaban J connectivity index is 0.00000361. The first-order valence-corrected chi connectivity index (χ1v) is 35.8. The molecule has 2 saturated heterocycles. The smallest absolute Gasteiger partial charge is 0.300 e. The van der Waals surface area contributed by atoms with Crippen molar-refractivity contribution >= 4 is 99.9 Å². The molecule has 4 fully saturated rings. The molecule has 103 heavy (non-hydrogen) atoms. The zero-order valence-corrected chi connectivity index (χ0v) is 58.9. The standard InChI is InChI=1S/C69H99N17O13.C2H4O2/c1-39(2)29-51(61(92)79-50(19-11-27-74-69(71)72)68(99)86-28-12-20-57(86)67(98)76-36-58(70)89)80-65(96)55(33-47(41-13-5-3-6-14-41)42-15-7-4-8-16-42)84-62(93)52(30-40-21-23-45(88)24-22-40)81-66(97)56(37-87)85-63(94)53(31-43-34-75-48-18-10-9-17-46(43)48)82-64(95)54(32-44-35-73-38-77-44)83-60(91)49-25-26-59(90)78-49;1-2(3)4/h9-10,17-18,21-24,34,38-39,41-42,47,49-57,75,87-88H,3-8,11-16,19-20,25-33,35-37H2,1-2H3,(H2,70,89)(H,76,98)(H,78,90)(H,79,92)(H,80,96)(H,81,97)(H,82,95)(H,83,91)(H,84,93)(H,85,94)(H4,71,72,74);1H3,(H,3,4)/t49-,50-,51-,52-,53-,54-,55+,56-,57-;/m0./s1. The van der Waals surface area contributed by atoms with Gasteiger partial charge < -0.3 is 90.3 Å². The van der Waals surface area contributed by atoms with Crippen LogP contribution in [0.25, 0.3) is 10.9 Å². The van der Waals surface area contributed by atoms with E-state index in [0.29, 0.717) is 28.6 Å². The molecule has 562 valence electrons. The van der Waals surface area contributed by atoms with Gasteiger partial charge in [-0.25, -0.2) is 4.99 Å². The van der Waals surface area contributed by atoms with E-state index in [0.717, 1.165) is 76.6 Å². The van der Waals surface area contributed by atoms with Crippen LogP contribution in [0.2, 0.25) is 0 Å². The summed E-state index contributed by atoms with van der Waals surface area (Å²) < 4.78 is 0. The third-order valence-corrected chi connectivity index (χ3v) is 19.4. The molecule has 2 aromatic carbocycles. The summed E-state index contributed by atoms with van der Waals surface area (Å²) in [7, 11) is 0. The fraction of sp³-hybridized carbons (Fsp3) is 0.592. The van der Waals surface area contributed by atoms with E-state index in [9.17, 15) is 53.4 Å². The van der Waals surface area contributed by atoms with Gasteiger partial charge in [0.25, 0.3) is 5.97 Å². The molecule has 2 aliphatic carbocycles. The molecule has 2 saturated carbocycles. The van der Waals surface area contributed by atoms with Crippen molar-refractivity contribution in [3.05, 3.63) is 65.9 Å². The number of rotatable bonds is 35. The van der Waals surface area contributed by atoms with Gasteiger partial charge in [0.05, 0.1) is 19.7 Å². The first kappa shape index (κ1) is 80.3. The molecule has 32 nitrogen and oxygen atoms in total. The quantitative estimate of drug-likeness (QED) is 0.0212. The number of hydrogen-bond donors (Lipinski definition) is 16. The fourth-order valence-corrected chi connectivity index (χ4v) is 14.2. The van der Waals surface area contributed by atoms with E-state index in [2.05, 4.69) is 67.8 Å². The third kappa shape index (κ3) is 25.2. The van der Waals surface area contributed by atoms with Crippen molar-refractivity contribution in [1.82, 2.24) is 57.7 Å². The van der Waals surface area contributed by atoms with Crippen LogP contribution in [0.4, 0.5) is 0 Å². The average Bonchev–Trinajstić information content (AvgIpc) is 1.81. The molecule has 5 aliphatic rings. The molecule has 8 rings (SSSR count). The summed E-state index contributed by atoms with van der Waals surface area (Å²) in [6.07, 6.45) is 13.7. The number of fused-ring (bicyclic) bond motifs is 1. The van der Waals surface area contributed by atoms with Gasteiger partial charge in [-0.05, 0) is 97.9 Å². The summed E-state index contributed by atoms with van der Waals surface area (Å²) in [6.45, 7) is 3.75. The number of hydrogen-bond acceptors (Lipinski definition) is 17. The number of aliphatic imine (C=N–C) groups is 3. The van der Waals surface area contributed by atoms with Crippen LogP contribution < -0.4 is 65.1 Å². The number of phenolic OH excluding ortho intramolecular Hbond substituents is 1. The molecule has 0 bridgehead atoms. The molecule has 4 heterocycles. The van der Waals surface area contributed by atoms with Gasteiger partial charge in [-0.2, -0.15) is 0 Å². The summed E-state index contributed by atoms with van der Waals surface area (Å²) in [5, 5.41) is 54.2. The molecule has 32 heteroatoms. The maximum Gasteiger partial charge on any atom is 0.300 e. The molecule has 0 spiro atoms. The number of aliphatic hydroxyl groups is 1. The normalized spacial score (nSPS) is 18.8. The van der Waals surface area contributed by atoms with Crippen molar-refractivity contribution in [2.75, 3.05) is 32.8 Å². The number of para-hydroxylation sites is 1. The zero-order valence-electron chi connectivity index (χ0n) is 58.9. The minimum absolute atomic E-state index is 0.0226. The largest absolute Gasteiger partial charge is 0.508 e. The number of aromatic amines is 1. The minimum Gasteiger partial charge on any atom is -0.508 e.